The molecule has 0 aliphatic rings. The number of nitrogens with zero attached hydrogens (tertiary/aromatic N) is 5. The Balaban J connectivity index is 1.05. The molecule has 4 aromatic carbocycles. The van der Waals surface area contributed by atoms with Gasteiger partial charge < -0.3 is 0 Å². The molecular weight excluding hydrogens is 514 g/mol. The Bertz CT molecular complexity index is 1850. The maximum Gasteiger partial charge on any atom is 0.244 e. The molecule has 0 aliphatic heterocycles. The van der Waals surface area contributed by atoms with Crippen molar-refractivity contribution < 1.29 is 9.13 Å². The van der Waals surface area contributed by atoms with Crippen molar-refractivity contribution in [3.8, 4) is 0 Å². The minimum atomic E-state index is 0.230. The maximum atomic E-state index is 5.01. The number of hydrogen-bond acceptors (Lipinski definition) is 1. The van der Waals surface area contributed by atoms with E-state index in [0.29, 0.717) is 0 Å². The van der Waals surface area contributed by atoms with Crippen molar-refractivity contribution in [3.05, 3.63) is 163 Å². The van der Waals surface area contributed by atoms with Crippen LogP contribution >= 0.6 is 0 Å². The highest BCUT2D eigenvalue weighted by molar-refractivity contribution is 5.86. The fraction of sp³-hybridized carbons (Fsp3) is 0.162. The van der Waals surface area contributed by atoms with E-state index >= 15 is 0 Å². The molecule has 3 aromatic heterocycles. The van der Waals surface area contributed by atoms with Crippen LogP contribution in [0.3, 0.4) is 0 Å². The van der Waals surface area contributed by atoms with Crippen molar-refractivity contribution >= 4 is 21.5 Å². The van der Waals surface area contributed by atoms with Crippen LogP contribution < -0.4 is 9.13 Å². The zero-order valence-electron chi connectivity index (χ0n) is 24.1. The van der Waals surface area contributed by atoms with E-state index in [1.54, 1.807) is 0 Å². The van der Waals surface area contributed by atoms with Crippen LogP contribution in [0.15, 0.2) is 141 Å². The van der Waals surface area contributed by atoms with E-state index in [9.17, 15) is 0 Å². The lowest BCUT2D eigenvalue weighted by molar-refractivity contribution is -0.689. The van der Waals surface area contributed by atoms with Crippen molar-refractivity contribution in [3.63, 3.8) is 0 Å². The fourth-order valence-electron chi connectivity index (χ4n) is 6.10. The van der Waals surface area contributed by atoms with Gasteiger partial charge in [-0.2, -0.15) is 0 Å². The summed E-state index contributed by atoms with van der Waals surface area (Å²) in [6.45, 7) is 5.98. The summed E-state index contributed by atoms with van der Waals surface area (Å²) in [6, 6.07) is 37.1. The lowest BCUT2D eigenvalue weighted by Gasteiger charge is -2.12. The second-order valence-corrected chi connectivity index (χ2v) is 11.2. The molecule has 0 saturated heterocycles. The third-order valence-electron chi connectivity index (χ3n) is 8.42. The molecule has 0 amide bonds. The van der Waals surface area contributed by atoms with Gasteiger partial charge in [-0.25, -0.2) is 23.3 Å². The van der Waals surface area contributed by atoms with Crippen molar-refractivity contribution in [1.82, 2.24) is 14.1 Å². The molecule has 2 atom stereocenters. The van der Waals surface area contributed by atoms with E-state index in [1.165, 1.54) is 32.7 Å². The highest BCUT2D eigenvalue weighted by Crippen LogP contribution is 2.27. The van der Waals surface area contributed by atoms with E-state index in [0.717, 1.165) is 24.5 Å². The van der Waals surface area contributed by atoms with Gasteiger partial charge in [-0.3, -0.25) is 0 Å². The Hall–Kier alpha value is -5.03. The van der Waals surface area contributed by atoms with E-state index in [4.69, 9.17) is 4.98 Å². The average Bonchev–Trinajstić information content (AvgIpc) is 3.70. The van der Waals surface area contributed by atoms with Crippen molar-refractivity contribution in [2.24, 2.45) is 0 Å². The summed E-state index contributed by atoms with van der Waals surface area (Å²) >= 11 is 0. The van der Waals surface area contributed by atoms with Gasteiger partial charge in [-0.1, -0.05) is 91.0 Å². The first-order chi connectivity index (χ1) is 20.6. The molecule has 0 radical (unpaired) electrons. The average molecular weight is 550 g/mol. The van der Waals surface area contributed by atoms with Crippen LogP contribution in [-0.4, -0.2) is 14.1 Å². The van der Waals surface area contributed by atoms with Crippen LogP contribution in [0, 0.1) is 0 Å². The van der Waals surface area contributed by atoms with Crippen LogP contribution in [0.1, 0.15) is 48.4 Å². The molecule has 42 heavy (non-hydrogen) atoms. The number of fused-ring (bicyclic) bond motifs is 2. The summed E-state index contributed by atoms with van der Waals surface area (Å²) in [7, 11) is 0. The second-order valence-electron chi connectivity index (χ2n) is 11.2. The number of benzene rings is 4. The Kier molecular flexibility index (Phi) is 6.84. The van der Waals surface area contributed by atoms with Crippen LogP contribution in [0.4, 0.5) is 0 Å². The van der Waals surface area contributed by atoms with Crippen LogP contribution in [0.2, 0.25) is 0 Å². The number of aromatic nitrogens is 5. The Morgan fingerprint density at radius 1 is 0.548 bits per heavy atom. The molecule has 206 valence electrons. The quantitative estimate of drug-likeness (QED) is 0.190. The minimum absolute atomic E-state index is 0.230. The Morgan fingerprint density at radius 3 is 1.48 bits per heavy atom. The highest BCUT2D eigenvalue weighted by atomic mass is 15.1. The molecule has 0 saturated carbocycles. The third-order valence-corrected chi connectivity index (χ3v) is 8.42. The smallest absolute Gasteiger partial charge is 0.244 e. The van der Waals surface area contributed by atoms with Gasteiger partial charge in [0, 0.05) is 11.1 Å². The van der Waals surface area contributed by atoms with Gasteiger partial charge in [0.15, 0.2) is 0 Å². The number of hydrogen-bond donors (Lipinski definition) is 0. The third kappa shape index (κ3) is 5.10. The first kappa shape index (κ1) is 25.9. The molecular formula is C37H35N5+2. The van der Waals surface area contributed by atoms with Crippen molar-refractivity contribution in [1.29, 1.82) is 0 Å². The molecule has 7 rings (SSSR count). The summed E-state index contributed by atoms with van der Waals surface area (Å²) in [5.74, 6) is 0. The summed E-state index contributed by atoms with van der Waals surface area (Å²) in [5, 5.41) is 5.16. The molecule has 0 fully saturated rings. The zero-order valence-corrected chi connectivity index (χ0v) is 24.1. The van der Waals surface area contributed by atoms with Gasteiger partial charge in [0.25, 0.3) is 0 Å². The molecule has 0 aliphatic carbocycles. The lowest BCUT2D eigenvalue weighted by atomic mass is 10.00. The number of pyridine rings is 1. The van der Waals surface area contributed by atoms with E-state index in [2.05, 4.69) is 173 Å². The van der Waals surface area contributed by atoms with E-state index in [-0.39, 0.29) is 12.1 Å². The topological polar surface area (TPSA) is 30.5 Å². The van der Waals surface area contributed by atoms with Gasteiger partial charge in [0.1, 0.15) is 50.0 Å². The molecule has 5 nitrogen and oxygen atoms in total. The summed E-state index contributed by atoms with van der Waals surface area (Å²) < 4.78 is 8.98. The minimum Gasteiger partial charge on any atom is -0.250 e. The van der Waals surface area contributed by atoms with Crippen LogP contribution in [0.25, 0.3) is 21.5 Å². The number of rotatable bonds is 8. The Morgan fingerprint density at radius 2 is 0.976 bits per heavy atom. The second kappa shape index (κ2) is 11.1. The van der Waals surface area contributed by atoms with Crippen LogP contribution in [-0.2, 0) is 13.1 Å². The SMILES string of the molecule is C[C@H](c1cccc2ccccc12)n1cc[n+](Cc2cccc(C[n+]3ccn([C@H](C)c4cccc5ccccc45)c3)n2)c1. The molecule has 0 unspecified atom stereocenters. The standard InChI is InChI=1S/C37H35N5/c1-28(34-18-7-12-30-10-3-5-16-36(30)34)41-22-20-39(26-41)24-32-14-9-15-33(38-32)25-40-21-23-42(27-40)29(2)35-19-8-13-31-11-4-6-17-37(31)35/h3-23,26-29H,24-25H2,1-2H3/q+2/t28-,29-/m1/s1. The lowest BCUT2D eigenvalue weighted by Crippen LogP contribution is -2.34. The first-order valence-electron chi connectivity index (χ1n) is 14.7. The molecule has 7 aromatic rings. The molecule has 0 spiro atoms. The van der Waals surface area contributed by atoms with Crippen LogP contribution in [0.5, 0.6) is 0 Å². The monoisotopic (exact) mass is 549 g/mol. The van der Waals surface area contributed by atoms with Gasteiger partial charge in [-0.15, -0.1) is 0 Å². The van der Waals surface area contributed by atoms with Gasteiger partial charge >= 0.3 is 0 Å². The summed E-state index contributed by atoms with van der Waals surface area (Å²) in [6.07, 6.45) is 13.0. The van der Waals surface area contributed by atoms with E-state index in [1.807, 2.05) is 0 Å². The zero-order chi connectivity index (χ0) is 28.5. The van der Waals surface area contributed by atoms with Gasteiger partial charge in [0.2, 0.25) is 12.7 Å². The highest BCUT2D eigenvalue weighted by Gasteiger charge is 2.18. The molecule has 0 bridgehead atoms. The summed E-state index contributed by atoms with van der Waals surface area (Å²) in [5.41, 5.74) is 4.76. The molecule has 0 N–H and O–H groups in total. The fourth-order valence-corrected chi connectivity index (χ4v) is 6.10. The van der Waals surface area contributed by atoms with Gasteiger partial charge in [-0.05, 0) is 47.5 Å². The van der Waals surface area contributed by atoms with Crippen molar-refractivity contribution in [2.45, 2.75) is 39.0 Å². The maximum absolute atomic E-state index is 5.01. The number of imidazole rings is 2. The largest absolute Gasteiger partial charge is 0.250 e. The summed E-state index contributed by atoms with van der Waals surface area (Å²) in [4.78, 5) is 5.01. The van der Waals surface area contributed by atoms with Crippen molar-refractivity contribution in [2.75, 3.05) is 0 Å². The normalized spacial score (nSPS) is 13.0. The molecule has 3 heterocycles. The Labute approximate surface area is 246 Å². The van der Waals surface area contributed by atoms with E-state index < -0.39 is 0 Å². The predicted octanol–water partition coefficient (Wildman–Crippen LogP) is 6.88. The molecule has 5 heteroatoms. The first-order valence-corrected chi connectivity index (χ1v) is 14.7. The van der Waals surface area contributed by atoms with Gasteiger partial charge in [0.05, 0.1) is 11.4 Å². The predicted molar refractivity (Wildman–Crippen MR) is 167 cm³/mol.